The van der Waals surface area contributed by atoms with E-state index in [2.05, 4.69) is 0 Å². The molecular formula is C21H27F5O. The Morgan fingerprint density at radius 3 is 2.48 bits per heavy atom. The van der Waals surface area contributed by atoms with Crippen LogP contribution in [0.1, 0.15) is 63.9 Å². The van der Waals surface area contributed by atoms with Crippen LogP contribution in [0.2, 0.25) is 0 Å². The van der Waals surface area contributed by atoms with Crippen LogP contribution in [-0.4, -0.2) is 24.6 Å². The molecule has 0 saturated heterocycles. The number of ether oxygens (including phenoxy) is 1. The molecule has 0 amide bonds. The number of hydrogen-bond donors (Lipinski definition) is 0. The van der Waals surface area contributed by atoms with Gasteiger partial charge in [0.25, 0.3) is 0 Å². The average molecular weight is 390 g/mol. The summed E-state index contributed by atoms with van der Waals surface area (Å²) < 4.78 is 79.6. The van der Waals surface area contributed by atoms with Gasteiger partial charge in [-0.05, 0) is 44.6 Å². The van der Waals surface area contributed by atoms with E-state index in [-0.39, 0.29) is 31.1 Å². The number of hydrogen-bond acceptors (Lipinski definition) is 1. The van der Waals surface area contributed by atoms with Crippen LogP contribution in [0.15, 0.2) is 12.1 Å². The Morgan fingerprint density at radius 1 is 1.07 bits per heavy atom. The summed E-state index contributed by atoms with van der Waals surface area (Å²) in [4.78, 5) is 0. The second-order valence-corrected chi connectivity index (χ2v) is 7.89. The molecule has 2 saturated carbocycles. The van der Waals surface area contributed by atoms with Crippen molar-refractivity contribution in [3.05, 3.63) is 29.3 Å². The zero-order chi connectivity index (χ0) is 19.8. The van der Waals surface area contributed by atoms with E-state index in [1.165, 1.54) is 0 Å². The molecule has 1 aromatic carbocycles. The van der Waals surface area contributed by atoms with Crippen LogP contribution in [0.25, 0.3) is 0 Å². The van der Waals surface area contributed by atoms with Gasteiger partial charge in [0, 0.05) is 11.5 Å². The van der Waals surface area contributed by atoms with Crippen molar-refractivity contribution in [2.75, 3.05) is 6.61 Å². The first-order valence-electron chi connectivity index (χ1n) is 9.92. The van der Waals surface area contributed by atoms with Gasteiger partial charge in [-0.2, -0.15) is 4.39 Å². The zero-order valence-electron chi connectivity index (χ0n) is 15.8. The minimum absolute atomic E-state index is 0.0679. The molecule has 27 heavy (non-hydrogen) atoms. The summed E-state index contributed by atoms with van der Waals surface area (Å²) in [5, 5.41) is 0. The lowest BCUT2D eigenvalue weighted by Crippen LogP contribution is -2.37. The molecule has 2 aliphatic rings. The van der Waals surface area contributed by atoms with E-state index in [1.54, 1.807) is 6.92 Å². The number of halogens is 5. The van der Waals surface area contributed by atoms with Crippen LogP contribution < -0.4 is 4.74 Å². The molecule has 2 fully saturated rings. The third-order valence-electron chi connectivity index (χ3n) is 6.37. The highest BCUT2D eigenvalue weighted by Gasteiger charge is 2.63. The summed E-state index contributed by atoms with van der Waals surface area (Å²) in [6.07, 6.45) is -0.889. The quantitative estimate of drug-likeness (QED) is 0.525. The Kier molecular flexibility index (Phi) is 6.02. The normalized spacial score (nSPS) is 36.3. The fourth-order valence-corrected chi connectivity index (χ4v) is 4.98. The molecular weight excluding hydrogens is 363 g/mol. The first kappa shape index (κ1) is 20.4. The number of rotatable bonds is 5. The molecule has 2 aliphatic carbocycles. The number of alkyl halides is 3. The lowest BCUT2D eigenvalue weighted by molar-refractivity contribution is 0.0196. The van der Waals surface area contributed by atoms with Crippen LogP contribution in [0, 0.1) is 23.5 Å². The summed E-state index contributed by atoms with van der Waals surface area (Å²) in [6, 6.07) is 2.29. The van der Waals surface area contributed by atoms with Crippen molar-refractivity contribution in [1.29, 1.82) is 0 Å². The van der Waals surface area contributed by atoms with Crippen molar-refractivity contribution < 1.29 is 26.7 Å². The fourth-order valence-electron chi connectivity index (χ4n) is 4.98. The summed E-state index contributed by atoms with van der Waals surface area (Å²) in [5.74, 6) is -5.42. The minimum Gasteiger partial charge on any atom is -0.491 e. The molecule has 0 aliphatic heterocycles. The molecule has 0 heterocycles. The molecule has 6 atom stereocenters. The molecule has 6 heteroatoms. The van der Waals surface area contributed by atoms with Crippen LogP contribution in [-0.2, 0) is 0 Å². The van der Waals surface area contributed by atoms with Gasteiger partial charge in [0.05, 0.1) is 12.5 Å². The maximum absolute atomic E-state index is 15.6. The van der Waals surface area contributed by atoms with Gasteiger partial charge < -0.3 is 4.74 Å². The molecule has 1 aromatic rings. The Bertz CT molecular complexity index is 666. The van der Waals surface area contributed by atoms with Crippen LogP contribution >= 0.6 is 0 Å². The maximum atomic E-state index is 15.6. The van der Waals surface area contributed by atoms with Crippen molar-refractivity contribution in [3.63, 3.8) is 0 Å². The Morgan fingerprint density at radius 2 is 1.81 bits per heavy atom. The molecule has 152 valence electrons. The standard InChI is InChI=1S/C21H27F5O/c1-3-5-12-6-8-14-18(23)16(20(25)21(14,26)11-10-12)13-7-9-15(27-4-2)19(24)17(13)22/h7,9,12,14,16,18,20H,3-6,8,10-11H2,1-2H3. The van der Waals surface area contributed by atoms with Gasteiger partial charge in [-0.15, -0.1) is 0 Å². The summed E-state index contributed by atoms with van der Waals surface area (Å²) in [7, 11) is 0. The third-order valence-corrected chi connectivity index (χ3v) is 6.37. The highest BCUT2D eigenvalue weighted by Crippen LogP contribution is 2.57. The van der Waals surface area contributed by atoms with Crippen molar-refractivity contribution in [2.24, 2.45) is 11.8 Å². The molecule has 0 radical (unpaired) electrons. The van der Waals surface area contributed by atoms with Crippen molar-refractivity contribution in [3.8, 4) is 5.75 Å². The predicted molar refractivity (Wildman–Crippen MR) is 94.3 cm³/mol. The molecule has 0 spiro atoms. The largest absolute Gasteiger partial charge is 0.491 e. The lowest BCUT2D eigenvalue weighted by atomic mass is 9.86. The van der Waals surface area contributed by atoms with Crippen LogP contribution in [0.3, 0.4) is 0 Å². The minimum atomic E-state index is -2.33. The van der Waals surface area contributed by atoms with Gasteiger partial charge in [-0.3, -0.25) is 0 Å². The van der Waals surface area contributed by atoms with Crippen molar-refractivity contribution >= 4 is 0 Å². The molecule has 6 unspecified atom stereocenters. The van der Waals surface area contributed by atoms with E-state index < -0.39 is 47.0 Å². The van der Waals surface area contributed by atoms with Gasteiger partial charge in [0.1, 0.15) is 18.0 Å². The monoisotopic (exact) mass is 390 g/mol. The number of benzene rings is 1. The first-order chi connectivity index (χ1) is 12.8. The van der Waals surface area contributed by atoms with Crippen LogP contribution in [0.5, 0.6) is 5.75 Å². The summed E-state index contributed by atoms with van der Waals surface area (Å²) >= 11 is 0. The first-order valence-corrected chi connectivity index (χ1v) is 9.92. The smallest absolute Gasteiger partial charge is 0.200 e. The van der Waals surface area contributed by atoms with E-state index in [9.17, 15) is 8.78 Å². The molecule has 1 nitrogen and oxygen atoms in total. The zero-order valence-corrected chi connectivity index (χ0v) is 15.8. The summed E-state index contributed by atoms with van der Waals surface area (Å²) in [6.45, 7) is 3.78. The maximum Gasteiger partial charge on any atom is 0.200 e. The SMILES string of the molecule is CCCC1CCC2C(F)C(c3ccc(OCC)c(F)c3F)C(F)C2(F)CC1. The number of fused-ring (bicyclic) bond motifs is 1. The Labute approximate surface area is 157 Å². The fraction of sp³-hybridized carbons (Fsp3) is 0.714. The highest BCUT2D eigenvalue weighted by atomic mass is 19.2. The second kappa shape index (κ2) is 7.96. The lowest BCUT2D eigenvalue weighted by Gasteiger charge is -2.27. The second-order valence-electron chi connectivity index (χ2n) is 7.89. The highest BCUT2D eigenvalue weighted by molar-refractivity contribution is 5.36. The van der Waals surface area contributed by atoms with E-state index in [0.29, 0.717) is 12.8 Å². The van der Waals surface area contributed by atoms with Gasteiger partial charge in [-0.1, -0.05) is 25.8 Å². The van der Waals surface area contributed by atoms with E-state index in [4.69, 9.17) is 4.74 Å². The molecule has 0 aromatic heterocycles. The molecule has 3 rings (SSSR count). The van der Waals surface area contributed by atoms with Crippen LogP contribution in [0.4, 0.5) is 22.0 Å². The Balaban J connectivity index is 1.91. The third kappa shape index (κ3) is 3.44. The predicted octanol–water partition coefficient (Wildman–Crippen LogP) is 6.45. The van der Waals surface area contributed by atoms with Gasteiger partial charge in [-0.25, -0.2) is 17.6 Å². The van der Waals surface area contributed by atoms with Gasteiger partial charge in [0.2, 0.25) is 5.82 Å². The van der Waals surface area contributed by atoms with Gasteiger partial charge in [0.15, 0.2) is 11.6 Å². The molecule has 0 bridgehead atoms. The topological polar surface area (TPSA) is 9.23 Å². The average Bonchev–Trinajstić information content (AvgIpc) is 2.76. The Hall–Kier alpha value is -1.33. The van der Waals surface area contributed by atoms with E-state index in [1.807, 2.05) is 6.92 Å². The summed E-state index contributed by atoms with van der Waals surface area (Å²) in [5.41, 5.74) is -2.76. The van der Waals surface area contributed by atoms with E-state index in [0.717, 1.165) is 25.0 Å². The van der Waals surface area contributed by atoms with Crippen molar-refractivity contribution in [2.45, 2.75) is 76.3 Å². The van der Waals surface area contributed by atoms with E-state index >= 15 is 13.2 Å². The van der Waals surface area contributed by atoms with Gasteiger partial charge >= 0.3 is 0 Å². The van der Waals surface area contributed by atoms with Crippen molar-refractivity contribution in [1.82, 2.24) is 0 Å². The molecule has 0 N–H and O–H groups in total.